The number of para-hydroxylation sites is 2. The van der Waals surface area contributed by atoms with Crippen molar-refractivity contribution in [3.05, 3.63) is 146 Å². The molecule has 0 unspecified atom stereocenters. The van der Waals surface area contributed by atoms with Crippen LogP contribution in [0.1, 0.15) is 0 Å². The van der Waals surface area contributed by atoms with Crippen molar-refractivity contribution in [2.24, 2.45) is 0 Å². The van der Waals surface area contributed by atoms with E-state index in [2.05, 4.69) is 155 Å². The molecule has 10 aromatic rings. The first-order valence-electron chi connectivity index (χ1n) is 14.5. The first kappa shape index (κ1) is 22.1. The molecule has 0 fully saturated rings. The zero-order valence-electron chi connectivity index (χ0n) is 22.8. The Balaban J connectivity index is 1.33. The Labute approximate surface area is 241 Å². The van der Waals surface area contributed by atoms with Gasteiger partial charge < -0.3 is 9.13 Å². The topological polar surface area (TPSA) is 9.86 Å². The summed E-state index contributed by atoms with van der Waals surface area (Å²) in [6.07, 6.45) is 0. The summed E-state index contributed by atoms with van der Waals surface area (Å²) in [5.41, 5.74) is 7.27. The standard InChI is InChI=1S/C40H24N2/c1-2-13-28-25(10-1)22-23-32-31-16-8-20-36-39(31)40-33(38(28)32)17-9-21-37(40)42(36)27-12-7-11-26(24-27)41-34-18-5-3-14-29(34)30-15-4-6-19-35(30)41/h1-24H. The summed E-state index contributed by atoms with van der Waals surface area (Å²) in [6, 6.07) is 53.4. The van der Waals surface area contributed by atoms with Crippen molar-refractivity contribution in [1.29, 1.82) is 0 Å². The Hall–Kier alpha value is -5.60. The minimum absolute atomic E-state index is 1.16. The molecule has 2 heterocycles. The SMILES string of the molecule is c1cc(-n2c3ccccc3c3ccccc32)cc(-n2c3cccc4c5ccc6ccccc6c5c5cccc2c5c43)c1. The minimum atomic E-state index is 1.16. The molecule has 0 atom stereocenters. The average Bonchev–Trinajstić information content (AvgIpc) is 3.58. The fraction of sp³-hybridized carbons (Fsp3) is 0. The van der Waals surface area contributed by atoms with E-state index in [1.807, 2.05) is 0 Å². The fourth-order valence-corrected chi connectivity index (χ4v) is 7.58. The molecule has 2 heteroatoms. The highest BCUT2D eigenvalue weighted by Gasteiger charge is 2.21. The van der Waals surface area contributed by atoms with Gasteiger partial charge in [-0.1, -0.05) is 103 Å². The molecule has 0 saturated carbocycles. The number of nitrogens with zero attached hydrogens (tertiary/aromatic N) is 2. The number of benzene rings is 8. The molecular formula is C40H24N2. The fourth-order valence-electron chi connectivity index (χ4n) is 7.58. The second kappa shape index (κ2) is 7.99. The van der Waals surface area contributed by atoms with Crippen molar-refractivity contribution in [2.75, 3.05) is 0 Å². The van der Waals surface area contributed by atoms with Crippen LogP contribution in [0.4, 0.5) is 0 Å². The van der Waals surface area contributed by atoms with Gasteiger partial charge in [-0.25, -0.2) is 0 Å². The molecule has 0 radical (unpaired) electrons. The highest BCUT2D eigenvalue weighted by molar-refractivity contribution is 6.37. The van der Waals surface area contributed by atoms with Crippen molar-refractivity contribution in [2.45, 2.75) is 0 Å². The van der Waals surface area contributed by atoms with E-state index in [1.54, 1.807) is 0 Å². The first-order valence-corrected chi connectivity index (χ1v) is 14.5. The van der Waals surface area contributed by atoms with Crippen LogP contribution in [-0.4, -0.2) is 9.13 Å². The Morgan fingerprint density at radius 3 is 1.48 bits per heavy atom. The van der Waals surface area contributed by atoms with E-state index in [9.17, 15) is 0 Å². The van der Waals surface area contributed by atoms with Gasteiger partial charge in [-0.3, -0.25) is 0 Å². The predicted octanol–water partition coefficient (Wildman–Crippen LogP) is 10.8. The molecule has 0 amide bonds. The lowest BCUT2D eigenvalue weighted by Crippen LogP contribution is -1.98. The van der Waals surface area contributed by atoms with Crippen molar-refractivity contribution >= 4 is 75.9 Å². The van der Waals surface area contributed by atoms with Crippen LogP contribution in [0.5, 0.6) is 0 Å². The van der Waals surface area contributed by atoms with Gasteiger partial charge in [0.25, 0.3) is 0 Å². The van der Waals surface area contributed by atoms with Gasteiger partial charge in [0.05, 0.1) is 22.1 Å². The average molecular weight is 533 g/mol. The van der Waals surface area contributed by atoms with Gasteiger partial charge >= 0.3 is 0 Å². The van der Waals surface area contributed by atoms with Gasteiger partial charge in [-0.2, -0.15) is 0 Å². The first-order chi connectivity index (χ1) is 20.9. The molecule has 0 aliphatic carbocycles. The van der Waals surface area contributed by atoms with E-state index in [0.717, 1.165) is 5.69 Å². The monoisotopic (exact) mass is 532 g/mol. The van der Waals surface area contributed by atoms with E-state index in [4.69, 9.17) is 0 Å². The molecule has 0 bridgehead atoms. The van der Waals surface area contributed by atoms with E-state index in [-0.39, 0.29) is 0 Å². The van der Waals surface area contributed by atoms with Crippen molar-refractivity contribution < 1.29 is 0 Å². The summed E-state index contributed by atoms with van der Waals surface area (Å²) in [5.74, 6) is 0. The summed E-state index contributed by atoms with van der Waals surface area (Å²) in [7, 11) is 0. The highest BCUT2D eigenvalue weighted by Crippen LogP contribution is 2.45. The molecule has 0 N–H and O–H groups in total. The largest absolute Gasteiger partial charge is 0.309 e. The quantitative estimate of drug-likeness (QED) is 0.196. The molecular weight excluding hydrogens is 508 g/mol. The summed E-state index contributed by atoms with van der Waals surface area (Å²) in [5, 5.41) is 13.1. The Morgan fingerprint density at radius 2 is 0.762 bits per heavy atom. The van der Waals surface area contributed by atoms with Gasteiger partial charge in [-0.15, -0.1) is 0 Å². The maximum atomic E-state index is 2.46. The lowest BCUT2D eigenvalue weighted by Gasteiger charge is -2.12. The molecule has 10 rings (SSSR count). The van der Waals surface area contributed by atoms with Gasteiger partial charge in [0.15, 0.2) is 0 Å². The molecule has 0 spiro atoms. The van der Waals surface area contributed by atoms with Gasteiger partial charge in [0.2, 0.25) is 0 Å². The van der Waals surface area contributed by atoms with Crippen LogP contribution in [-0.2, 0) is 0 Å². The van der Waals surface area contributed by atoms with E-state index < -0.39 is 0 Å². The number of rotatable bonds is 2. The van der Waals surface area contributed by atoms with E-state index >= 15 is 0 Å². The lowest BCUT2D eigenvalue weighted by atomic mass is 9.91. The highest BCUT2D eigenvalue weighted by atomic mass is 15.0. The number of fused-ring (bicyclic) bond motifs is 8. The Bertz CT molecular complexity index is 2630. The summed E-state index contributed by atoms with van der Waals surface area (Å²) < 4.78 is 4.86. The molecule has 194 valence electrons. The third-order valence-corrected chi connectivity index (χ3v) is 9.23. The molecule has 0 aliphatic heterocycles. The smallest absolute Gasteiger partial charge is 0.0547 e. The Kier molecular flexibility index (Phi) is 4.21. The van der Waals surface area contributed by atoms with Crippen LogP contribution in [0.2, 0.25) is 0 Å². The van der Waals surface area contributed by atoms with Crippen molar-refractivity contribution in [1.82, 2.24) is 9.13 Å². The van der Waals surface area contributed by atoms with Crippen LogP contribution in [0, 0.1) is 0 Å². The zero-order chi connectivity index (χ0) is 27.4. The van der Waals surface area contributed by atoms with Crippen LogP contribution in [0.3, 0.4) is 0 Å². The van der Waals surface area contributed by atoms with Crippen LogP contribution in [0.15, 0.2) is 146 Å². The normalized spacial score (nSPS) is 12.3. The number of hydrogen-bond acceptors (Lipinski definition) is 0. The van der Waals surface area contributed by atoms with Crippen molar-refractivity contribution in [3.63, 3.8) is 0 Å². The molecule has 2 aromatic heterocycles. The summed E-state index contributed by atoms with van der Waals surface area (Å²) in [6.45, 7) is 0. The second-order valence-corrected chi connectivity index (χ2v) is 11.3. The van der Waals surface area contributed by atoms with Gasteiger partial charge in [-0.05, 0) is 74.8 Å². The van der Waals surface area contributed by atoms with Gasteiger partial charge in [0.1, 0.15) is 0 Å². The van der Waals surface area contributed by atoms with Crippen LogP contribution >= 0.6 is 0 Å². The molecule has 8 aromatic carbocycles. The second-order valence-electron chi connectivity index (χ2n) is 11.3. The molecule has 42 heavy (non-hydrogen) atoms. The third kappa shape index (κ3) is 2.74. The van der Waals surface area contributed by atoms with Crippen molar-refractivity contribution in [3.8, 4) is 11.4 Å². The van der Waals surface area contributed by atoms with E-state index in [0.29, 0.717) is 0 Å². The minimum Gasteiger partial charge on any atom is -0.309 e. The number of hydrogen-bond donors (Lipinski definition) is 0. The predicted molar refractivity (Wildman–Crippen MR) is 179 cm³/mol. The third-order valence-electron chi connectivity index (χ3n) is 9.23. The zero-order valence-corrected chi connectivity index (χ0v) is 22.8. The summed E-state index contributed by atoms with van der Waals surface area (Å²) >= 11 is 0. The Morgan fingerprint density at radius 1 is 0.286 bits per heavy atom. The maximum Gasteiger partial charge on any atom is 0.0547 e. The van der Waals surface area contributed by atoms with E-state index in [1.165, 1.54) is 81.6 Å². The molecule has 0 saturated heterocycles. The number of aromatic nitrogens is 2. The van der Waals surface area contributed by atoms with Gasteiger partial charge in [0, 0.05) is 32.9 Å². The lowest BCUT2D eigenvalue weighted by molar-refractivity contribution is 1.13. The van der Waals surface area contributed by atoms with Crippen LogP contribution < -0.4 is 0 Å². The summed E-state index contributed by atoms with van der Waals surface area (Å²) in [4.78, 5) is 0. The maximum absolute atomic E-state index is 2.46. The molecule has 0 aliphatic rings. The van der Waals surface area contributed by atoms with Crippen LogP contribution in [0.25, 0.3) is 87.3 Å². The molecule has 2 nitrogen and oxygen atoms in total.